The van der Waals surface area contributed by atoms with E-state index in [1.165, 1.54) is 0 Å². The Kier molecular flexibility index (Phi) is 3.52. The highest BCUT2D eigenvalue weighted by Gasteiger charge is 2.36. The van der Waals surface area contributed by atoms with Crippen molar-refractivity contribution < 1.29 is 9.53 Å². The van der Waals surface area contributed by atoms with Crippen LogP contribution in [0.3, 0.4) is 0 Å². The monoisotopic (exact) mass is 231 g/mol. The van der Waals surface area contributed by atoms with Crippen LogP contribution in [0.2, 0.25) is 0 Å². The second-order valence-electron chi connectivity index (χ2n) is 4.49. The van der Waals surface area contributed by atoms with Crippen molar-refractivity contribution in [2.24, 2.45) is 0 Å². The fraction of sp³-hybridized carbons (Fsp3) is 0.909. The zero-order valence-corrected chi connectivity index (χ0v) is 9.87. The molecule has 2 fully saturated rings. The molecule has 0 bridgehead atoms. The molecule has 0 aromatic carbocycles. The lowest BCUT2D eigenvalue weighted by Gasteiger charge is -2.25. The predicted molar refractivity (Wildman–Crippen MR) is 59.0 cm³/mol. The molecular weight excluding hydrogens is 214 g/mol. The number of hydrogen-bond donors (Lipinski definition) is 0. The van der Waals surface area contributed by atoms with E-state index in [0.717, 1.165) is 32.2 Å². The van der Waals surface area contributed by atoms with E-state index in [-0.39, 0.29) is 24.2 Å². The molecule has 2 unspecified atom stereocenters. The Morgan fingerprint density at radius 2 is 2.27 bits per heavy atom. The summed E-state index contributed by atoms with van der Waals surface area (Å²) in [5.41, 5.74) is 0. The summed E-state index contributed by atoms with van der Waals surface area (Å²) in [5, 5.41) is 0. The molecule has 0 aromatic heterocycles. The number of likely N-dealkylation sites (tertiary alicyclic amines) is 1. The van der Waals surface area contributed by atoms with Gasteiger partial charge < -0.3 is 9.64 Å². The smallest absolute Gasteiger partial charge is 0.252 e. The van der Waals surface area contributed by atoms with Crippen LogP contribution in [0.4, 0.5) is 0 Å². The van der Waals surface area contributed by atoms with Crippen molar-refractivity contribution >= 4 is 17.5 Å². The first-order valence-electron chi connectivity index (χ1n) is 5.74. The van der Waals surface area contributed by atoms with Crippen LogP contribution in [0, 0.1) is 0 Å². The Hall–Kier alpha value is -0.280. The van der Waals surface area contributed by atoms with Gasteiger partial charge in [-0.15, -0.1) is 11.6 Å². The van der Waals surface area contributed by atoms with Gasteiger partial charge in [-0.05, 0) is 32.6 Å². The molecule has 2 saturated heterocycles. The number of halogens is 1. The SMILES string of the molecule is CC1CCC(C(=O)N2CCC[C@H]2CCl)O1. The fourth-order valence-corrected chi connectivity index (χ4v) is 2.78. The first-order chi connectivity index (χ1) is 7.22. The van der Waals surface area contributed by atoms with Crippen molar-refractivity contribution in [1.29, 1.82) is 0 Å². The second-order valence-corrected chi connectivity index (χ2v) is 4.80. The number of ether oxygens (including phenoxy) is 1. The van der Waals surface area contributed by atoms with E-state index < -0.39 is 0 Å². The minimum atomic E-state index is -0.205. The number of amides is 1. The Labute approximate surface area is 95.7 Å². The van der Waals surface area contributed by atoms with Crippen molar-refractivity contribution in [1.82, 2.24) is 4.90 Å². The maximum atomic E-state index is 12.1. The summed E-state index contributed by atoms with van der Waals surface area (Å²) in [4.78, 5) is 14.0. The van der Waals surface area contributed by atoms with Crippen LogP contribution in [0.1, 0.15) is 32.6 Å². The third-order valence-electron chi connectivity index (χ3n) is 3.35. The summed E-state index contributed by atoms with van der Waals surface area (Å²) in [7, 11) is 0. The summed E-state index contributed by atoms with van der Waals surface area (Å²) < 4.78 is 5.59. The average Bonchev–Trinajstić information content (AvgIpc) is 2.84. The average molecular weight is 232 g/mol. The Morgan fingerprint density at radius 1 is 1.47 bits per heavy atom. The molecular formula is C11H18ClNO2. The molecule has 15 heavy (non-hydrogen) atoms. The van der Waals surface area contributed by atoms with Gasteiger partial charge in [0, 0.05) is 18.5 Å². The lowest BCUT2D eigenvalue weighted by atomic mass is 10.2. The van der Waals surface area contributed by atoms with Gasteiger partial charge in [-0.2, -0.15) is 0 Å². The molecule has 2 aliphatic heterocycles. The molecule has 86 valence electrons. The second kappa shape index (κ2) is 4.71. The van der Waals surface area contributed by atoms with Crippen LogP contribution in [0.15, 0.2) is 0 Å². The van der Waals surface area contributed by atoms with E-state index in [1.54, 1.807) is 0 Å². The summed E-state index contributed by atoms with van der Waals surface area (Å²) in [5.74, 6) is 0.705. The van der Waals surface area contributed by atoms with Gasteiger partial charge in [-0.25, -0.2) is 0 Å². The van der Waals surface area contributed by atoms with Gasteiger partial charge in [-0.1, -0.05) is 0 Å². The molecule has 0 radical (unpaired) electrons. The summed E-state index contributed by atoms with van der Waals surface area (Å²) in [6.07, 6.45) is 4.00. The molecule has 0 aliphatic carbocycles. The maximum Gasteiger partial charge on any atom is 0.252 e. The molecule has 0 saturated carbocycles. The molecule has 2 aliphatic rings. The number of hydrogen-bond acceptors (Lipinski definition) is 2. The standard InChI is InChI=1S/C11H18ClNO2/c1-8-4-5-10(15-8)11(14)13-6-2-3-9(13)7-12/h8-10H,2-7H2,1H3/t8?,9-,10?/m0/s1. The highest BCUT2D eigenvalue weighted by molar-refractivity contribution is 6.18. The number of rotatable bonds is 2. The van der Waals surface area contributed by atoms with Crippen LogP contribution in [0.5, 0.6) is 0 Å². The number of alkyl halides is 1. The van der Waals surface area contributed by atoms with Gasteiger partial charge in [0.05, 0.1) is 6.10 Å². The summed E-state index contributed by atoms with van der Waals surface area (Å²) in [6.45, 7) is 2.88. The van der Waals surface area contributed by atoms with Gasteiger partial charge in [0.1, 0.15) is 6.10 Å². The molecule has 3 nitrogen and oxygen atoms in total. The zero-order chi connectivity index (χ0) is 10.8. The van der Waals surface area contributed by atoms with E-state index in [4.69, 9.17) is 16.3 Å². The molecule has 4 heteroatoms. The fourth-order valence-electron chi connectivity index (χ4n) is 2.46. The molecule has 2 rings (SSSR count). The van der Waals surface area contributed by atoms with Gasteiger partial charge in [0.15, 0.2) is 0 Å². The molecule has 0 spiro atoms. The topological polar surface area (TPSA) is 29.5 Å². The van der Waals surface area contributed by atoms with Crippen LogP contribution in [-0.2, 0) is 9.53 Å². The highest BCUT2D eigenvalue weighted by atomic mass is 35.5. The van der Waals surface area contributed by atoms with Gasteiger partial charge in [0.2, 0.25) is 0 Å². The minimum absolute atomic E-state index is 0.155. The van der Waals surface area contributed by atoms with Gasteiger partial charge in [-0.3, -0.25) is 4.79 Å². The summed E-state index contributed by atoms with van der Waals surface area (Å²) in [6, 6.07) is 0.235. The number of carbonyl (C=O) groups is 1. The predicted octanol–water partition coefficient (Wildman–Crippen LogP) is 1.78. The highest BCUT2D eigenvalue weighted by Crippen LogP contribution is 2.25. The first kappa shape index (κ1) is 11.2. The van der Waals surface area contributed by atoms with E-state index in [2.05, 4.69) is 0 Å². The van der Waals surface area contributed by atoms with Crippen molar-refractivity contribution in [2.45, 2.75) is 50.9 Å². The quantitative estimate of drug-likeness (QED) is 0.679. The first-order valence-corrected chi connectivity index (χ1v) is 6.27. The van der Waals surface area contributed by atoms with E-state index >= 15 is 0 Å². The Bertz CT molecular complexity index is 247. The van der Waals surface area contributed by atoms with E-state index in [9.17, 15) is 4.79 Å². The van der Waals surface area contributed by atoms with Crippen LogP contribution >= 0.6 is 11.6 Å². The molecule has 2 heterocycles. The van der Waals surface area contributed by atoms with Crippen LogP contribution in [0.25, 0.3) is 0 Å². The lowest BCUT2D eigenvalue weighted by Crippen LogP contribution is -2.42. The van der Waals surface area contributed by atoms with Gasteiger partial charge in [0.25, 0.3) is 5.91 Å². The molecule has 1 amide bonds. The lowest BCUT2D eigenvalue weighted by molar-refractivity contribution is -0.143. The zero-order valence-electron chi connectivity index (χ0n) is 9.12. The normalized spacial score (nSPS) is 36.1. The van der Waals surface area contributed by atoms with Crippen molar-refractivity contribution in [3.63, 3.8) is 0 Å². The summed E-state index contributed by atoms with van der Waals surface area (Å²) >= 11 is 5.85. The minimum Gasteiger partial charge on any atom is -0.365 e. The van der Waals surface area contributed by atoms with Crippen molar-refractivity contribution in [3.05, 3.63) is 0 Å². The van der Waals surface area contributed by atoms with E-state index in [1.807, 2.05) is 11.8 Å². The third-order valence-corrected chi connectivity index (χ3v) is 3.70. The Balaban J connectivity index is 1.95. The maximum absolute atomic E-state index is 12.1. The van der Waals surface area contributed by atoms with Gasteiger partial charge >= 0.3 is 0 Å². The molecule has 0 N–H and O–H groups in total. The third kappa shape index (κ3) is 2.28. The largest absolute Gasteiger partial charge is 0.365 e. The van der Waals surface area contributed by atoms with E-state index in [0.29, 0.717) is 5.88 Å². The molecule has 3 atom stereocenters. The Morgan fingerprint density at radius 3 is 2.87 bits per heavy atom. The van der Waals surface area contributed by atoms with Crippen molar-refractivity contribution in [2.75, 3.05) is 12.4 Å². The van der Waals surface area contributed by atoms with Crippen molar-refractivity contribution in [3.8, 4) is 0 Å². The molecule has 0 aromatic rings. The number of nitrogens with zero attached hydrogens (tertiary/aromatic N) is 1. The number of carbonyl (C=O) groups excluding carboxylic acids is 1. The van der Waals surface area contributed by atoms with Crippen LogP contribution < -0.4 is 0 Å². The van der Waals surface area contributed by atoms with Crippen LogP contribution in [-0.4, -0.2) is 41.5 Å².